The summed E-state index contributed by atoms with van der Waals surface area (Å²) in [5.41, 5.74) is 2.21. The molecule has 0 aliphatic heterocycles. The van der Waals surface area contributed by atoms with Gasteiger partial charge in [-0.3, -0.25) is 0 Å². The largest absolute Gasteiger partial charge is 0.465 e. The van der Waals surface area contributed by atoms with E-state index in [1.165, 1.54) is 18.4 Å². The van der Waals surface area contributed by atoms with E-state index in [0.29, 0.717) is 6.04 Å². The van der Waals surface area contributed by atoms with E-state index >= 15 is 0 Å². The van der Waals surface area contributed by atoms with Crippen LogP contribution >= 0.6 is 0 Å². The molecule has 2 N–H and O–H groups in total. The van der Waals surface area contributed by atoms with Crippen molar-refractivity contribution in [3.63, 3.8) is 0 Å². The van der Waals surface area contributed by atoms with Crippen molar-refractivity contribution in [2.45, 2.75) is 52.1 Å². The van der Waals surface area contributed by atoms with Crippen LogP contribution in [0.3, 0.4) is 0 Å². The molecule has 0 amide bonds. The van der Waals surface area contributed by atoms with E-state index in [-0.39, 0.29) is 0 Å². The molecule has 0 radical (unpaired) electrons. The van der Waals surface area contributed by atoms with Crippen LogP contribution in [-0.4, -0.2) is 36.6 Å². The number of rotatable bonds is 7. The van der Waals surface area contributed by atoms with Gasteiger partial charge in [0.1, 0.15) is 17.3 Å². The maximum atomic E-state index is 5.75. The summed E-state index contributed by atoms with van der Waals surface area (Å²) in [6.45, 7) is 5.97. The Hall–Kier alpha value is -2.60. The highest BCUT2D eigenvalue weighted by Crippen LogP contribution is 2.28. The van der Waals surface area contributed by atoms with Gasteiger partial charge in [-0.05, 0) is 75.8 Å². The third-order valence-corrected chi connectivity index (χ3v) is 6.14. The Labute approximate surface area is 179 Å². The molecule has 0 atom stereocenters. The van der Waals surface area contributed by atoms with Crippen molar-refractivity contribution in [1.29, 1.82) is 0 Å². The van der Waals surface area contributed by atoms with Gasteiger partial charge in [0.2, 0.25) is 5.95 Å². The summed E-state index contributed by atoms with van der Waals surface area (Å²) in [6.07, 6.45) is 4.74. The number of fused-ring (bicyclic) bond motifs is 1. The average molecular weight is 408 g/mol. The van der Waals surface area contributed by atoms with Crippen molar-refractivity contribution >= 4 is 22.7 Å². The first kappa shape index (κ1) is 20.7. The molecule has 0 spiro atoms. The zero-order chi connectivity index (χ0) is 21.1. The van der Waals surface area contributed by atoms with Gasteiger partial charge in [0.25, 0.3) is 0 Å². The van der Waals surface area contributed by atoms with Crippen LogP contribution < -0.4 is 15.5 Å². The van der Waals surface area contributed by atoms with E-state index in [9.17, 15) is 0 Å². The predicted octanol–water partition coefficient (Wildman–Crippen LogP) is 4.67. The number of nitrogens with zero attached hydrogens (tertiary/aromatic N) is 3. The van der Waals surface area contributed by atoms with Crippen LogP contribution in [0.15, 0.2) is 34.7 Å². The molecular weight excluding hydrogens is 374 g/mol. The topological polar surface area (TPSA) is 66.2 Å². The van der Waals surface area contributed by atoms with Crippen LogP contribution in [0, 0.1) is 19.8 Å². The average Bonchev–Trinajstić information content (AvgIpc) is 3.06. The highest BCUT2D eigenvalue weighted by atomic mass is 16.3. The van der Waals surface area contributed by atoms with Crippen molar-refractivity contribution in [3.8, 4) is 0 Å². The molecule has 1 aliphatic carbocycles. The maximum Gasteiger partial charge on any atom is 0.225 e. The molecular formula is C24H33N5O. The molecule has 1 saturated carbocycles. The number of hydrogen-bond acceptors (Lipinski definition) is 6. The summed E-state index contributed by atoms with van der Waals surface area (Å²) < 4.78 is 5.75. The van der Waals surface area contributed by atoms with Gasteiger partial charge in [0.15, 0.2) is 0 Å². The summed E-state index contributed by atoms with van der Waals surface area (Å²) in [4.78, 5) is 11.6. The van der Waals surface area contributed by atoms with Crippen molar-refractivity contribution in [3.05, 3.63) is 47.4 Å². The number of benzene rings is 1. The zero-order valence-corrected chi connectivity index (χ0v) is 18.5. The molecule has 0 unspecified atom stereocenters. The van der Waals surface area contributed by atoms with Gasteiger partial charge in [-0.1, -0.05) is 12.1 Å². The van der Waals surface area contributed by atoms with Gasteiger partial charge in [-0.2, -0.15) is 4.98 Å². The van der Waals surface area contributed by atoms with Crippen molar-refractivity contribution in [1.82, 2.24) is 15.3 Å². The molecule has 0 saturated heterocycles. The van der Waals surface area contributed by atoms with Crippen molar-refractivity contribution < 1.29 is 4.42 Å². The Morgan fingerprint density at radius 2 is 1.83 bits per heavy atom. The van der Waals surface area contributed by atoms with Crippen LogP contribution in [0.1, 0.15) is 42.8 Å². The fraction of sp³-hybridized carbons (Fsp3) is 0.500. The van der Waals surface area contributed by atoms with Crippen molar-refractivity contribution in [2.75, 3.05) is 30.9 Å². The predicted molar refractivity (Wildman–Crippen MR) is 123 cm³/mol. The van der Waals surface area contributed by atoms with Crippen LogP contribution in [0.25, 0.3) is 10.9 Å². The first-order chi connectivity index (χ1) is 14.5. The number of anilines is 2. The molecule has 2 aromatic heterocycles. The van der Waals surface area contributed by atoms with E-state index in [1.54, 1.807) is 0 Å². The Morgan fingerprint density at radius 3 is 2.53 bits per heavy atom. The molecule has 1 aliphatic rings. The Morgan fingerprint density at radius 1 is 1.07 bits per heavy atom. The maximum absolute atomic E-state index is 5.75. The summed E-state index contributed by atoms with van der Waals surface area (Å²) in [6, 6.07) is 10.8. The number of aryl methyl sites for hydroxylation is 2. The fourth-order valence-corrected chi connectivity index (χ4v) is 4.30. The van der Waals surface area contributed by atoms with E-state index in [1.807, 2.05) is 33.2 Å². The monoisotopic (exact) mass is 407 g/mol. The van der Waals surface area contributed by atoms with E-state index in [4.69, 9.17) is 14.4 Å². The van der Waals surface area contributed by atoms with E-state index in [2.05, 4.69) is 40.7 Å². The normalized spacial score (nSPS) is 19.2. The number of para-hydroxylation sites is 1. The van der Waals surface area contributed by atoms with Gasteiger partial charge in [0.05, 0.1) is 12.1 Å². The smallest absolute Gasteiger partial charge is 0.225 e. The first-order valence-corrected chi connectivity index (χ1v) is 11.0. The van der Waals surface area contributed by atoms with Crippen LogP contribution in [0.5, 0.6) is 0 Å². The molecule has 4 rings (SSSR count). The quantitative estimate of drug-likeness (QED) is 0.593. The van der Waals surface area contributed by atoms with E-state index < -0.39 is 0 Å². The molecule has 6 nitrogen and oxygen atoms in total. The second-order valence-electron chi connectivity index (χ2n) is 8.73. The molecule has 30 heavy (non-hydrogen) atoms. The van der Waals surface area contributed by atoms with Crippen LogP contribution in [0.4, 0.5) is 11.8 Å². The van der Waals surface area contributed by atoms with Crippen LogP contribution in [0.2, 0.25) is 0 Å². The number of nitrogens with one attached hydrogen (secondary N) is 2. The number of hydrogen-bond donors (Lipinski definition) is 2. The second kappa shape index (κ2) is 9.04. The summed E-state index contributed by atoms with van der Waals surface area (Å²) in [5.74, 6) is 4.47. The molecule has 1 fully saturated rings. The lowest BCUT2D eigenvalue weighted by Crippen LogP contribution is -2.31. The Bertz CT molecular complexity index is 969. The van der Waals surface area contributed by atoms with E-state index in [0.717, 1.165) is 66.0 Å². The summed E-state index contributed by atoms with van der Waals surface area (Å²) in [7, 11) is 4.06. The standard InChI is InChI=1S/C24H33N5O/c1-16-13-20(30-17(16)2)15-25-14-18-9-11-19(12-10-18)26-24-27-22-8-6-5-7-21(22)23(28-24)29(3)4/h5-8,13,18-19,25H,9-12,14-15H2,1-4H3,(H,26,27,28). The van der Waals surface area contributed by atoms with Gasteiger partial charge >= 0.3 is 0 Å². The van der Waals surface area contributed by atoms with Gasteiger partial charge in [-0.25, -0.2) is 4.98 Å². The van der Waals surface area contributed by atoms with Gasteiger partial charge in [-0.15, -0.1) is 0 Å². The molecule has 2 heterocycles. The zero-order valence-electron chi connectivity index (χ0n) is 18.5. The second-order valence-corrected chi connectivity index (χ2v) is 8.73. The lowest BCUT2D eigenvalue weighted by atomic mass is 9.86. The lowest BCUT2D eigenvalue weighted by Gasteiger charge is -2.29. The molecule has 0 bridgehead atoms. The summed E-state index contributed by atoms with van der Waals surface area (Å²) >= 11 is 0. The number of furan rings is 1. The Kier molecular flexibility index (Phi) is 6.23. The minimum atomic E-state index is 0.438. The third-order valence-electron chi connectivity index (χ3n) is 6.14. The molecule has 3 aromatic rings. The van der Waals surface area contributed by atoms with Crippen LogP contribution in [-0.2, 0) is 6.54 Å². The lowest BCUT2D eigenvalue weighted by molar-refractivity contribution is 0.319. The highest BCUT2D eigenvalue weighted by Gasteiger charge is 2.22. The molecule has 160 valence electrons. The Balaban J connectivity index is 1.29. The van der Waals surface area contributed by atoms with Gasteiger partial charge < -0.3 is 20.0 Å². The minimum absolute atomic E-state index is 0.438. The fourth-order valence-electron chi connectivity index (χ4n) is 4.30. The minimum Gasteiger partial charge on any atom is -0.465 e. The molecule has 1 aromatic carbocycles. The first-order valence-electron chi connectivity index (χ1n) is 11.0. The number of aromatic nitrogens is 2. The highest BCUT2D eigenvalue weighted by molar-refractivity contribution is 5.90. The van der Waals surface area contributed by atoms with Gasteiger partial charge in [0, 0.05) is 25.5 Å². The summed E-state index contributed by atoms with van der Waals surface area (Å²) in [5, 5.41) is 8.26. The molecule has 6 heteroatoms. The third kappa shape index (κ3) is 4.75. The SMILES string of the molecule is Cc1cc(CNCC2CCC(Nc3nc(N(C)C)c4ccccc4n3)CC2)oc1C. The van der Waals surface area contributed by atoms with Crippen molar-refractivity contribution in [2.24, 2.45) is 5.92 Å².